The molecule has 0 aromatic carbocycles. The number of rotatable bonds is 2. The average molecular weight is 229 g/mol. The van der Waals surface area contributed by atoms with Crippen LogP contribution in [-0.2, 0) is 0 Å². The fourth-order valence-corrected chi connectivity index (χ4v) is 2.21. The number of carbonyl (C=O) groups excluding carboxylic acids is 1. The highest BCUT2D eigenvalue weighted by Gasteiger charge is 2.46. The maximum Gasteiger partial charge on any atom is 0.323 e. The maximum atomic E-state index is 11.9. The lowest BCUT2D eigenvalue weighted by atomic mass is 10.3. The molecule has 2 saturated heterocycles. The normalized spacial score (nSPS) is 30.0. The number of nitrogens with zero attached hydrogens (tertiary/aromatic N) is 2. The van der Waals surface area contributed by atoms with Crippen LogP contribution in [0.2, 0.25) is 0 Å². The molecule has 7 heteroatoms. The molecule has 0 aromatic rings. The van der Waals surface area contributed by atoms with Crippen LogP contribution in [0.3, 0.4) is 0 Å². The molecule has 2 amide bonds. The minimum Gasteiger partial charge on any atom is -0.338 e. The molecule has 0 aliphatic carbocycles. The van der Waals surface area contributed by atoms with Crippen LogP contribution >= 0.6 is 12.2 Å². The predicted octanol–water partition coefficient (Wildman–Crippen LogP) is -0.602. The van der Waals surface area contributed by atoms with Crippen molar-refractivity contribution in [2.24, 2.45) is 0 Å². The Morgan fingerprint density at radius 1 is 1.27 bits per heavy atom. The van der Waals surface area contributed by atoms with E-state index >= 15 is 0 Å². The van der Waals surface area contributed by atoms with E-state index in [1.54, 1.807) is 9.80 Å². The predicted molar refractivity (Wildman–Crippen MR) is 59.7 cm³/mol. The molecule has 0 radical (unpaired) electrons. The molecule has 84 valence electrons. The molecule has 0 unspecified atom stereocenters. The van der Waals surface area contributed by atoms with Crippen molar-refractivity contribution in [3.63, 3.8) is 0 Å². The van der Waals surface area contributed by atoms with Crippen LogP contribution in [0.4, 0.5) is 4.79 Å². The quantitative estimate of drug-likeness (QED) is 0.552. The highest BCUT2D eigenvalue weighted by atomic mass is 32.1. The Labute approximate surface area is 93.9 Å². The Balaban J connectivity index is 2.23. The van der Waals surface area contributed by atoms with Gasteiger partial charge in [0.2, 0.25) is 0 Å². The number of thiocarbonyl (C=S) groups is 1. The Kier molecular flexibility index (Phi) is 2.66. The van der Waals surface area contributed by atoms with Gasteiger partial charge in [0.15, 0.2) is 5.11 Å². The van der Waals surface area contributed by atoms with Crippen LogP contribution < -0.4 is 16.2 Å². The number of hydrogen-bond acceptors (Lipinski definition) is 3. The minimum atomic E-state index is -0.0730. The zero-order chi connectivity index (χ0) is 11.0. The summed E-state index contributed by atoms with van der Waals surface area (Å²) in [6, 6.07) is 0.0431. The number of hydrogen-bond donors (Lipinski definition) is 3. The smallest absolute Gasteiger partial charge is 0.323 e. The Morgan fingerprint density at radius 2 is 1.87 bits per heavy atom. The lowest BCUT2D eigenvalue weighted by Gasteiger charge is -2.34. The van der Waals surface area contributed by atoms with E-state index in [4.69, 9.17) is 12.2 Å². The third kappa shape index (κ3) is 1.51. The van der Waals surface area contributed by atoms with E-state index in [2.05, 4.69) is 16.2 Å². The average Bonchev–Trinajstić information content (AvgIpc) is 2.48. The Hall–Kier alpha value is -1.08. The summed E-state index contributed by atoms with van der Waals surface area (Å²) in [5.41, 5.74) is 5.87. The summed E-state index contributed by atoms with van der Waals surface area (Å²) >= 11 is 5.00. The van der Waals surface area contributed by atoms with Crippen LogP contribution in [0.25, 0.3) is 0 Å². The van der Waals surface area contributed by atoms with E-state index in [1.165, 1.54) is 0 Å². The Morgan fingerprint density at radius 3 is 2.47 bits per heavy atom. The summed E-state index contributed by atoms with van der Waals surface area (Å²) in [4.78, 5) is 15.5. The number of fused-ring (bicyclic) bond motifs is 1. The van der Waals surface area contributed by atoms with Crippen LogP contribution in [0.15, 0.2) is 0 Å². The van der Waals surface area contributed by atoms with Crippen molar-refractivity contribution in [3.05, 3.63) is 0 Å². The summed E-state index contributed by atoms with van der Waals surface area (Å²) in [6.45, 7) is 5.27. The molecule has 0 saturated carbocycles. The fourth-order valence-electron chi connectivity index (χ4n) is 2.03. The van der Waals surface area contributed by atoms with Gasteiger partial charge in [0, 0.05) is 13.1 Å². The topological polar surface area (TPSA) is 59.6 Å². The summed E-state index contributed by atoms with van der Waals surface area (Å²) in [5, 5.41) is 3.62. The van der Waals surface area contributed by atoms with E-state index in [9.17, 15) is 4.79 Å². The number of carbonyl (C=O) groups is 1. The second-order valence-corrected chi connectivity index (χ2v) is 3.90. The fraction of sp³-hybridized carbons (Fsp3) is 0.750. The molecular weight excluding hydrogens is 214 g/mol. The van der Waals surface area contributed by atoms with Gasteiger partial charge in [0.05, 0.1) is 0 Å². The van der Waals surface area contributed by atoms with Crippen molar-refractivity contribution in [2.75, 3.05) is 13.1 Å². The van der Waals surface area contributed by atoms with Crippen molar-refractivity contribution in [1.82, 2.24) is 26.0 Å². The number of hydrazine groups is 1. The first-order chi connectivity index (χ1) is 7.19. The van der Waals surface area contributed by atoms with E-state index in [0.29, 0.717) is 18.2 Å². The van der Waals surface area contributed by atoms with Gasteiger partial charge in [0.1, 0.15) is 12.3 Å². The highest BCUT2D eigenvalue weighted by Crippen LogP contribution is 2.20. The van der Waals surface area contributed by atoms with Gasteiger partial charge in [-0.1, -0.05) is 0 Å². The minimum absolute atomic E-state index is 0.0431. The SMILES string of the molecule is CCN1C(=O)N(CC)[C@@H]2NC(=S)NN[C@H]21. The second-order valence-electron chi connectivity index (χ2n) is 3.49. The molecule has 2 aliphatic heterocycles. The molecule has 2 aliphatic rings. The van der Waals surface area contributed by atoms with Crippen LogP contribution in [0, 0.1) is 0 Å². The van der Waals surface area contributed by atoms with Crippen molar-refractivity contribution < 1.29 is 4.79 Å². The van der Waals surface area contributed by atoms with E-state index < -0.39 is 0 Å². The molecule has 2 rings (SSSR count). The van der Waals surface area contributed by atoms with Gasteiger partial charge < -0.3 is 15.1 Å². The zero-order valence-corrected chi connectivity index (χ0v) is 9.60. The molecule has 0 aromatic heterocycles. The van der Waals surface area contributed by atoms with Crippen molar-refractivity contribution in [3.8, 4) is 0 Å². The monoisotopic (exact) mass is 229 g/mol. The van der Waals surface area contributed by atoms with Gasteiger partial charge in [-0.05, 0) is 26.1 Å². The first-order valence-corrected chi connectivity index (χ1v) is 5.49. The molecular formula is C8H15N5OS. The second kappa shape index (κ2) is 3.82. The lowest BCUT2D eigenvalue weighted by molar-refractivity contribution is 0.183. The highest BCUT2D eigenvalue weighted by molar-refractivity contribution is 7.80. The van der Waals surface area contributed by atoms with Gasteiger partial charge >= 0.3 is 6.03 Å². The molecule has 3 N–H and O–H groups in total. The molecule has 15 heavy (non-hydrogen) atoms. The first-order valence-electron chi connectivity index (χ1n) is 5.08. The van der Waals surface area contributed by atoms with Gasteiger partial charge in [-0.15, -0.1) is 0 Å². The van der Waals surface area contributed by atoms with E-state index in [1.807, 2.05) is 13.8 Å². The summed E-state index contributed by atoms with van der Waals surface area (Å²) < 4.78 is 0. The molecule has 2 heterocycles. The van der Waals surface area contributed by atoms with Gasteiger partial charge in [-0.2, -0.15) is 0 Å². The standard InChI is InChI=1S/C8H15N5OS/c1-3-12-5-6(10-11-7(15)9-5)13(4-2)8(12)14/h5-6,10H,3-4H2,1-2H3,(H2,9,11,15)/t5-,6-/m0/s1. The molecule has 6 nitrogen and oxygen atoms in total. The third-order valence-corrected chi connectivity index (χ3v) is 2.98. The third-order valence-electron chi connectivity index (χ3n) is 2.76. The van der Waals surface area contributed by atoms with Crippen molar-refractivity contribution in [2.45, 2.75) is 26.2 Å². The van der Waals surface area contributed by atoms with Crippen LogP contribution in [-0.4, -0.2) is 46.4 Å². The summed E-state index contributed by atoms with van der Waals surface area (Å²) in [5.74, 6) is 0. The first kappa shape index (κ1) is 10.4. The summed E-state index contributed by atoms with van der Waals surface area (Å²) in [6.07, 6.45) is -0.134. The number of amides is 2. The molecule has 0 bridgehead atoms. The zero-order valence-electron chi connectivity index (χ0n) is 8.78. The number of likely N-dealkylation sites (N-methyl/N-ethyl adjacent to an activating group) is 2. The van der Waals surface area contributed by atoms with E-state index in [0.717, 1.165) is 0 Å². The van der Waals surface area contributed by atoms with Gasteiger partial charge in [-0.25, -0.2) is 10.2 Å². The number of nitrogens with one attached hydrogen (secondary N) is 3. The maximum absolute atomic E-state index is 11.9. The Bertz CT molecular complexity index is 297. The van der Waals surface area contributed by atoms with Crippen molar-refractivity contribution >= 4 is 23.4 Å². The van der Waals surface area contributed by atoms with Crippen LogP contribution in [0.1, 0.15) is 13.8 Å². The van der Waals surface area contributed by atoms with Crippen LogP contribution in [0.5, 0.6) is 0 Å². The largest absolute Gasteiger partial charge is 0.338 e. The molecule has 0 spiro atoms. The van der Waals surface area contributed by atoms with Gasteiger partial charge in [0.25, 0.3) is 0 Å². The summed E-state index contributed by atoms with van der Waals surface area (Å²) in [7, 11) is 0. The van der Waals surface area contributed by atoms with Gasteiger partial charge in [-0.3, -0.25) is 5.43 Å². The lowest BCUT2D eigenvalue weighted by Crippen LogP contribution is -2.68. The van der Waals surface area contributed by atoms with Crippen molar-refractivity contribution in [1.29, 1.82) is 0 Å². The van der Waals surface area contributed by atoms with E-state index in [-0.39, 0.29) is 18.4 Å². The molecule has 2 atom stereocenters. The molecule has 2 fully saturated rings. The number of urea groups is 1.